The lowest BCUT2D eigenvalue weighted by molar-refractivity contribution is -0.116. The molecule has 0 aromatic heterocycles. The second-order valence-corrected chi connectivity index (χ2v) is 8.53. The van der Waals surface area contributed by atoms with Crippen LogP contribution in [0.2, 0.25) is 5.02 Å². The van der Waals surface area contributed by atoms with Gasteiger partial charge in [0, 0.05) is 29.8 Å². The minimum atomic E-state index is -0.518. The van der Waals surface area contributed by atoms with Gasteiger partial charge in [-0.25, -0.2) is 0 Å². The average Bonchev–Trinajstić information content (AvgIpc) is 2.81. The van der Waals surface area contributed by atoms with Crippen molar-refractivity contribution in [1.29, 1.82) is 5.26 Å². The van der Waals surface area contributed by atoms with Crippen LogP contribution in [0.1, 0.15) is 43.2 Å². The van der Waals surface area contributed by atoms with Crippen LogP contribution in [0.3, 0.4) is 0 Å². The Kier molecular flexibility index (Phi) is 6.62. The zero-order chi connectivity index (χ0) is 23.5. The Morgan fingerprint density at radius 2 is 2.00 bits per heavy atom. The number of rotatable bonds is 6. The summed E-state index contributed by atoms with van der Waals surface area (Å²) < 4.78 is 11.9. The maximum atomic E-state index is 13.0. The molecular formula is C26H26ClN3O3. The van der Waals surface area contributed by atoms with Gasteiger partial charge in [0.25, 0.3) is 0 Å². The van der Waals surface area contributed by atoms with Crippen LogP contribution in [0.5, 0.6) is 11.5 Å². The number of Topliss-reactive ketones (excluding diaryl/α,β-unsaturated/α-hetero) is 1. The van der Waals surface area contributed by atoms with Gasteiger partial charge in [0.2, 0.25) is 0 Å². The summed E-state index contributed by atoms with van der Waals surface area (Å²) in [4.78, 5) is 14.8. The molecule has 6 nitrogen and oxygen atoms in total. The smallest absolute Gasteiger partial charge is 0.161 e. The number of nitrogens with zero attached hydrogens (tertiary/aromatic N) is 2. The third-order valence-corrected chi connectivity index (χ3v) is 6.29. The lowest BCUT2D eigenvalue weighted by Gasteiger charge is -2.37. The number of hydrogen-bond acceptors (Lipinski definition) is 6. The van der Waals surface area contributed by atoms with E-state index in [0.29, 0.717) is 53.1 Å². The topological polar surface area (TPSA) is 88.6 Å². The number of carbonyl (C=O) groups excluding carboxylic acids is 1. The number of benzene rings is 2. The van der Waals surface area contributed by atoms with Crippen LogP contribution in [0.4, 0.5) is 0 Å². The fourth-order valence-corrected chi connectivity index (χ4v) is 4.69. The Bertz CT molecular complexity index is 1200. The maximum absolute atomic E-state index is 13.0. The van der Waals surface area contributed by atoms with Gasteiger partial charge in [-0.15, -0.1) is 0 Å². The summed E-state index contributed by atoms with van der Waals surface area (Å²) in [6.45, 7) is 2.67. The molecule has 2 N–H and O–H groups in total. The van der Waals surface area contributed by atoms with Gasteiger partial charge in [-0.1, -0.05) is 29.8 Å². The first-order valence-electron chi connectivity index (χ1n) is 11.0. The molecule has 4 rings (SSSR count). The third-order valence-electron chi connectivity index (χ3n) is 6.05. The van der Waals surface area contributed by atoms with Gasteiger partial charge in [0.15, 0.2) is 17.3 Å². The van der Waals surface area contributed by atoms with Crippen molar-refractivity contribution < 1.29 is 14.3 Å². The van der Waals surface area contributed by atoms with Crippen LogP contribution in [0, 0.1) is 11.3 Å². The number of ketones is 1. The summed E-state index contributed by atoms with van der Waals surface area (Å²) >= 11 is 6.08. The zero-order valence-electron chi connectivity index (χ0n) is 18.7. The second kappa shape index (κ2) is 9.60. The number of halogens is 1. The van der Waals surface area contributed by atoms with Gasteiger partial charge in [-0.05, 0) is 55.2 Å². The number of allylic oxidation sites excluding steroid dienone is 3. The molecule has 0 unspecified atom stereocenters. The Balaban J connectivity index is 1.73. The molecular weight excluding hydrogens is 438 g/mol. The Hall–Kier alpha value is -3.43. The molecule has 0 amide bonds. The summed E-state index contributed by atoms with van der Waals surface area (Å²) in [5.74, 6) is 1.06. The maximum Gasteiger partial charge on any atom is 0.161 e. The van der Waals surface area contributed by atoms with Crippen molar-refractivity contribution in [2.45, 2.75) is 38.7 Å². The summed E-state index contributed by atoms with van der Waals surface area (Å²) in [7, 11) is 1.81. The first-order valence-corrected chi connectivity index (χ1v) is 11.4. The first-order chi connectivity index (χ1) is 15.9. The summed E-state index contributed by atoms with van der Waals surface area (Å²) in [6.07, 6.45) is 2.01. The molecule has 0 saturated carbocycles. The quantitative estimate of drug-likeness (QED) is 0.645. The van der Waals surface area contributed by atoms with Crippen molar-refractivity contribution in [2.75, 3.05) is 13.7 Å². The third kappa shape index (κ3) is 4.42. The molecule has 7 heteroatoms. The predicted octanol–water partition coefficient (Wildman–Crippen LogP) is 5.05. The number of hydrogen-bond donors (Lipinski definition) is 1. The van der Waals surface area contributed by atoms with E-state index in [1.54, 1.807) is 4.90 Å². The van der Waals surface area contributed by atoms with Crippen molar-refractivity contribution in [3.8, 4) is 17.6 Å². The van der Waals surface area contributed by atoms with E-state index < -0.39 is 5.92 Å². The van der Waals surface area contributed by atoms with Gasteiger partial charge in [-0.3, -0.25) is 4.79 Å². The molecule has 2 aromatic carbocycles. The largest absolute Gasteiger partial charge is 0.490 e. The van der Waals surface area contributed by atoms with Gasteiger partial charge in [-0.2, -0.15) is 5.26 Å². The van der Waals surface area contributed by atoms with Gasteiger partial charge >= 0.3 is 0 Å². The Labute approximate surface area is 198 Å². The molecule has 170 valence electrons. The summed E-state index contributed by atoms with van der Waals surface area (Å²) in [5, 5.41) is 10.6. The van der Waals surface area contributed by atoms with Crippen molar-refractivity contribution in [3.05, 3.63) is 81.3 Å². The molecule has 1 aliphatic heterocycles. The molecule has 0 spiro atoms. The SMILES string of the molecule is CCOc1cc([C@@H]2C(C#N)=C(N)N(C)C3=C2C(=O)CCC3)ccc1OCc1cccc(Cl)c1. The molecule has 1 aliphatic carbocycles. The lowest BCUT2D eigenvalue weighted by atomic mass is 9.76. The standard InChI is InChI=1S/C26H26ClN3O3/c1-3-32-23-13-17(10-11-22(23)33-15-16-6-4-7-18(27)12-16)24-19(14-28)26(29)30(2)20-8-5-9-21(31)25(20)24/h4,6-7,10-13,24H,3,5,8-9,15,29H2,1-2H3/t24-/m1/s1. The highest BCUT2D eigenvalue weighted by Gasteiger charge is 2.38. The molecule has 1 atom stereocenters. The highest BCUT2D eigenvalue weighted by atomic mass is 35.5. The van der Waals surface area contributed by atoms with Crippen LogP contribution in [-0.2, 0) is 11.4 Å². The Morgan fingerprint density at radius 3 is 2.73 bits per heavy atom. The van der Waals surface area contributed by atoms with E-state index in [1.165, 1.54) is 0 Å². The van der Waals surface area contributed by atoms with Crippen molar-refractivity contribution in [3.63, 3.8) is 0 Å². The van der Waals surface area contributed by atoms with Gasteiger partial charge < -0.3 is 20.1 Å². The van der Waals surface area contributed by atoms with E-state index in [-0.39, 0.29) is 5.78 Å². The zero-order valence-corrected chi connectivity index (χ0v) is 19.5. The van der Waals surface area contributed by atoms with Crippen LogP contribution < -0.4 is 15.2 Å². The van der Waals surface area contributed by atoms with E-state index in [2.05, 4.69) is 6.07 Å². The number of carbonyl (C=O) groups is 1. The molecule has 1 heterocycles. The molecule has 0 fully saturated rings. The fourth-order valence-electron chi connectivity index (χ4n) is 4.48. The molecule has 2 aromatic rings. The normalized spacial score (nSPS) is 18.2. The minimum Gasteiger partial charge on any atom is -0.490 e. The molecule has 2 aliphatic rings. The molecule has 33 heavy (non-hydrogen) atoms. The average molecular weight is 464 g/mol. The number of ether oxygens (including phenoxy) is 2. The van der Waals surface area contributed by atoms with Crippen molar-refractivity contribution >= 4 is 17.4 Å². The minimum absolute atomic E-state index is 0.0626. The Morgan fingerprint density at radius 1 is 1.18 bits per heavy atom. The van der Waals surface area contributed by atoms with Crippen LogP contribution in [0.25, 0.3) is 0 Å². The van der Waals surface area contributed by atoms with E-state index in [9.17, 15) is 10.1 Å². The highest BCUT2D eigenvalue weighted by molar-refractivity contribution is 6.30. The molecule has 0 bridgehead atoms. The highest BCUT2D eigenvalue weighted by Crippen LogP contribution is 2.45. The van der Waals surface area contributed by atoms with Crippen LogP contribution >= 0.6 is 11.6 Å². The molecule has 0 radical (unpaired) electrons. The summed E-state index contributed by atoms with van der Waals surface area (Å²) in [5.41, 5.74) is 9.98. The van der Waals surface area contributed by atoms with Crippen molar-refractivity contribution in [2.24, 2.45) is 5.73 Å². The predicted molar refractivity (Wildman–Crippen MR) is 127 cm³/mol. The monoisotopic (exact) mass is 463 g/mol. The van der Waals surface area contributed by atoms with Crippen molar-refractivity contribution in [1.82, 2.24) is 4.90 Å². The lowest BCUT2D eigenvalue weighted by Crippen LogP contribution is -2.36. The first kappa shape index (κ1) is 22.8. The van der Waals surface area contributed by atoms with E-state index >= 15 is 0 Å². The second-order valence-electron chi connectivity index (χ2n) is 8.10. The number of nitrogens with two attached hydrogens (primary N) is 1. The summed E-state index contributed by atoms with van der Waals surface area (Å²) in [6, 6.07) is 15.3. The number of nitriles is 1. The van der Waals surface area contributed by atoms with Crippen LogP contribution in [-0.4, -0.2) is 24.3 Å². The van der Waals surface area contributed by atoms with E-state index in [0.717, 1.165) is 29.7 Å². The van der Waals surface area contributed by atoms with Gasteiger partial charge in [0.05, 0.1) is 24.2 Å². The van der Waals surface area contributed by atoms with E-state index in [4.69, 9.17) is 26.8 Å². The van der Waals surface area contributed by atoms with E-state index in [1.807, 2.05) is 56.4 Å². The van der Waals surface area contributed by atoms with Gasteiger partial charge in [0.1, 0.15) is 12.4 Å². The van der Waals surface area contributed by atoms with Crippen LogP contribution in [0.15, 0.2) is 65.1 Å². The fraction of sp³-hybridized carbons (Fsp3) is 0.308. The molecule has 0 saturated heterocycles.